The summed E-state index contributed by atoms with van der Waals surface area (Å²) >= 11 is 0. The molecular formula is C11H9FN4O3. The Labute approximate surface area is 106 Å². The Bertz CT molecular complexity index is 648. The van der Waals surface area contributed by atoms with Crippen LogP contribution in [0.25, 0.3) is 11.4 Å². The average Bonchev–Trinajstić information content (AvgIpc) is 2.38. The molecule has 0 aliphatic carbocycles. The van der Waals surface area contributed by atoms with Crippen LogP contribution >= 0.6 is 0 Å². The van der Waals surface area contributed by atoms with E-state index in [4.69, 9.17) is 15.6 Å². The lowest BCUT2D eigenvalue weighted by molar-refractivity contribution is 0.0692. The van der Waals surface area contributed by atoms with Crippen LogP contribution in [0.15, 0.2) is 18.5 Å². The van der Waals surface area contributed by atoms with Crippen LogP contribution < -0.4 is 10.5 Å². The van der Waals surface area contributed by atoms with E-state index in [-0.39, 0.29) is 23.0 Å². The van der Waals surface area contributed by atoms with Gasteiger partial charge in [-0.3, -0.25) is 4.98 Å². The monoisotopic (exact) mass is 264 g/mol. The van der Waals surface area contributed by atoms with E-state index in [0.717, 1.165) is 6.07 Å². The smallest absolute Gasteiger partial charge is 0.356 e. The highest BCUT2D eigenvalue weighted by atomic mass is 19.1. The van der Waals surface area contributed by atoms with Gasteiger partial charge in [-0.1, -0.05) is 0 Å². The first kappa shape index (κ1) is 12.7. The van der Waals surface area contributed by atoms with Crippen molar-refractivity contribution in [3.63, 3.8) is 0 Å². The summed E-state index contributed by atoms with van der Waals surface area (Å²) in [6.07, 6.45) is 2.58. The molecule has 0 amide bonds. The number of ether oxygens (including phenoxy) is 1. The maximum atomic E-state index is 13.8. The predicted molar refractivity (Wildman–Crippen MR) is 63.1 cm³/mol. The molecule has 0 unspecified atom stereocenters. The Kier molecular flexibility index (Phi) is 3.23. The molecule has 0 aliphatic rings. The second kappa shape index (κ2) is 4.84. The largest absolute Gasteiger partial charge is 0.480 e. The van der Waals surface area contributed by atoms with Gasteiger partial charge in [-0.05, 0) is 0 Å². The van der Waals surface area contributed by atoms with Gasteiger partial charge in [0, 0.05) is 6.07 Å². The normalized spacial score (nSPS) is 10.2. The van der Waals surface area contributed by atoms with Crippen molar-refractivity contribution in [1.82, 2.24) is 15.0 Å². The first-order valence-corrected chi connectivity index (χ1v) is 5.08. The minimum atomic E-state index is -1.35. The van der Waals surface area contributed by atoms with Crippen LogP contribution in [0, 0.1) is 5.82 Å². The molecule has 0 bridgehead atoms. The third kappa shape index (κ3) is 2.41. The summed E-state index contributed by atoms with van der Waals surface area (Å²) in [5.41, 5.74) is 4.48. The van der Waals surface area contributed by atoms with Gasteiger partial charge in [-0.15, -0.1) is 0 Å². The van der Waals surface area contributed by atoms with E-state index in [9.17, 15) is 9.18 Å². The fourth-order valence-corrected chi connectivity index (χ4v) is 1.41. The minimum Gasteiger partial charge on any atom is -0.480 e. The van der Waals surface area contributed by atoms with E-state index in [1.165, 1.54) is 19.5 Å². The highest BCUT2D eigenvalue weighted by molar-refractivity contribution is 5.92. The minimum absolute atomic E-state index is 0.0550. The van der Waals surface area contributed by atoms with Gasteiger partial charge in [0.1, 0.15) is 11.4 Å². The first-order chi connectivity index (χ1) is 9.02. The summed E-state index contributed by atoms with van der Waals surface area (Å²) in [6.45, 7) is 0. The quantitative estimate of drug-likeness (QED) is 0.849. The van der Waals surface area contributed by atoms with Crippen LogP contribution in [-0.4, -0.2) is 33.1 Å². The molecule has 2 aromatic heterocycles. The van der Waals surface area contributed by atoms with E-state index in [1.807, 2.05) is 0 Å². The van der Waals surface area contributed by atoms with Crippen LogP contribution in [0.3, 0.4) is 0 Å². The molecule has 0 fully saturated rings. The molecule has 2 heterocycles. The summed E-state index contributed by atoms with van der Waals surface area (Å²) < 4.78 is 18.6. The van der Waals surface area contributed by atoms with Crippen molar-refractivity contribution in [2.75, 3.05) is 12.8 Å². The van der Waals surface area contributed by atoms with Gasteiger partial charge >= 0.3 is 5.97 Å². The molecule has 0 aliphatic heterocycles. The number of anilines is 1. The van der Waals surface area contributed by atoms with Crippen molar-refractivity contribution < 1.29 is 19.0 Å². The molecule has 3 N–H and O–H groups in total. The lowest BCUT2D eigenvalue weighted by atomic mass is 10.2. The van der Waals surface area contributed by atoms with E-state index >= 15 is 0 Å². The molecule has 0 saturated heterocycles. The molecule has 0 aromatic carbocycles. The number of methoxy groups -OCH3 is 1. The van der Waals surface area contributed by atoms with Gasteiger partial charge in [-0.25, -0.2) is 19.2 Å². The number of rotatable bonds is 3. The number of halogens is 1. The number of nitrogen functional groups attached to an aromatic ring is 1. The summed E-state index contributed by atoms with van der Waals surface area (Å²) in [4.78, 5) is 22.3. The van der Waals surface area contributed by atoms with Gasteiger partial charge in [0.05, 0.1) is 25.2 Å². The van der Waals surface area contributed by atoms with Crippen molar-refractivity contribution >= 4 is 11.7 Å². The van der Waals surface area contributed by atoms with E-state index in [0.29, 0.717) is 0 Å². The Hall–Kier alpha value is -2.77. The number of carboxylic acid groups (broad SMARTS) is 1. The Morgan fingerprint density at radius 1 is 1.42 bits per heavy atom. The van der Waals surface area contributed by atoms with Gasteiger partial charge in [0.2, 0.25) is 5.88 Å². The number of aromatic nitrogens is 3. The van der Waals surface area contributed by atoms with Gasteiger partial charge in [0.15, 0.2) is 11.5 Å². The third-order valence-corrected chi connectivity index (χ3v) is 2.27. The van der Waals surface area contributed by atoms with Crippen LogP contribution in [0.1, 0.15) is 10.5 Å². The molecule has 2 aromatic rings. The van der Waals surface area contributed by atoms with Crippen molar-refractivity contribution in [2.45, 2.75) is 0 Å². The highest BCUT2D eigenvalue weighted by Crippen LogP contribution is 2.23. The van der Waals surface area contributed by atoms with Crippen LogP contribution in [0.2, 0.25) is 0 Å². The fraction of sp³-hybridized carbons (Fsp3) is 0.0909. The molecule has 0 spiro atoms. The number of aromatic carboxylic acids is 1. The second-order valence-corrected chi connectivity index (χ2v) is 3.51. The second-order valence-electron chi connectivity index (χ2n) is 3.51. The number of hydrogen-bond donors (Lipinski definition) is 2. The van der Waals surface area contributed by atoms with Crippen molar-refractivity contribution in [1.29, 1.82) is 0 Å². The number of carbonyl (C=O) groups is 1. The van der Waals surface area contributed by atoms with E-state index < -0.39 is 17.5 Å². The van der Waals surface area contributed by atoms with Crippen LogP contribution in [0.4, 0.5) is 10.1 Å². The third-order valence-electron chi connectivity index (χ3n) is 2.27. The SMILES string of the molecule is COc1cncc(-c2nc(C(=O)O)c(N)cc2F)n1. The average molecular weight is 264 g/mol. The van der Waals surface area contributed by atoms with Crippen molar-refractivity contribution in [3.05, 3.63) is 30.0 Å². The lowest BCUT2D eigenvalue weighted by Crippen LogP contribution is -2.08. The molecule has 2 rings (SSSR count). The van der Waals surface area contributed by atoms with Crippen LogP contribution in [-0.2, 0) is 0 Å². The molecule has 19 heavy (non-hydrogen) atoms. The molecule has 0 saturated carbocycles. The summed E-state index contributed by atoms with van der Waals surface area (Å²) in [7, 11) is 1.38. The number of carboxylic acids is 1. The summed E-state index contributed by atoms with van der Waals surface area (Å²) in [5, 5.41) is 8.90. The Balaban J connectivity index is 2.61. The number of nitrogens with zero attached hydrogens (tertiary/aromatic N) is 3. The van der Waals surface area contributed by atoms with Crippen molar-refractivity contribution in [2.24, 2.45) is 0 Å². The molecule has 7 nitrogen and oxygen atoms in total. The lowest BCUT2D eigenvalue weighted by Gasteiger charge is -2.06. The highest BCUT2D eigenvalue weighted by Gasteiger charge is 2.17. The molecule has 8 heteroatoms. The number of hydrogen-bond acceptors (Lipinski definition) is 6. The predicted octanol–water partition coefficient (Wildman–Crippen LogP) is 0.967. The molecule has 98 valence electrons. The Morgan fingerprint density at radius 3 is 2.79 bits per heavy atom. The summed E-state index contributed by atoms with van der Waals surface area (Å²) in [5.74, 6) is -1.98. The van der Waals surface area contributed by atoms with E-state index in [1.54, 1.807) is 0 Å². The van der Waals surface area contributed by atoms with Crippen molar-refractivity contribution in [3.8, 4) is 17.3 Å². The maximum Gasteiger partial charge on any atom is 0.356 e. The Morgan fingerprint density at radius 2 is 2.16 bits per heavy atom. The van der Waals surface area contributed by atoms with Gasteiger partial charge < -0.3 is 15.6 Å². The molecule has 0 atom stereocenters. The molecule has 0 radical (unpaired) electrons. The fourth-order valence-electron chi connectivity index (χ4n) is 1.41. The van der Waals surface area contributed by atoms with Crippen LogP contribution in [0.5, 0.6) is 5.88 Å². The zero-order valence-corrected chi connectivity index (χ0v) is 9.79. The zero-order chi connectivity index (χ0) is 14.0. The van der Waals surface area contributed by atoms with Gasteiger partial charge in [0.25, 0.3) is 0 Å². The number of pyridine rings is 1. The first-order valence-electron chi connectivity index (χ1n) is 5.08. The van der Waals surface area contributed by atoms with E-state index in [2.05, 4.69) is 15.0 Å². The summed E-state index contributed by atoms with van der Waals surface area (Å²) in [6, 6.07) is 0.882. The zero-order valence-electron chi connectivity index (χ0n) is 9.79. The van der Waals surface area contributed by atoms with Gasteiger partial charge in [-0.2, -0.15) is 0 Å². The number of nitrogens with two attached hydrogens (primary N) is 1. The maximum absolute atomic E-state index is 13.8. The topological polar surface area (TPSA) is 111 Å². The molecular weight excluding hydrogens is 255 g/mol. The standard InChI is InChI=1S/C11H9FN4O3/c1-19-8-4-14-3-7(15-8)9-5(12)2-6(13)10(16-9)11(17)18/h2-4H,13H2,1H3,(H,17,18).